The number of fused-ring (bicyclic) bond motifs is 1. The molecular formula is C18H23N3O2S. The minimum absolute atomic E-state index is 0.310. The van der Waals surface area contributed by atoms with Crippen LogP contribution >= 0.6 is 11.3 Å². The quantitative estimate of drug-likeness (QED) is 0.854. The van der Waals surface area contributed by atoms with Crippen molar-refractivity contribution in [2.75, 3.05) is 32.1 Å². The predicted octanol–water partition coefficient (Wildman–Crippen LogP) is 3.14. The minimum atomic E-state index is 0.310. The van der Waals surface area contributed by atoms with Gasteiger partial charge in [0.15, 0.2) is 5.13 Å². The number of thiazole rings is 1. The Morgan fingerprint density at radius 1 is 1.29 bits per heavy atom. The van der Waals surface area contributed by atoms with Crippen LogP contribution in [0.5, 0.6) is 5.75 Å². The molecule has 5 nitrogen and oxygen atoms in total. The van der Waals surface area contributed by atoms with E-state index in [4.69, 9.17) is 9.72 Å². The first-order valence-electron chi connectivity index (χ1n) is 8.62. The molecule has 0 bridgehead atoms. The normalized spacial score (nSPS) is 18.8. The lowest BCUT2D eigenvalue weighted by Crippen LogP contribution is -2.46. The van der Waals surface area contributed by atoms with Crippen molar-refractivity contribution in [3.63, 3.8) is 0 Å². The molecule has 0 radical (unpaired) electrons. The van der Waals surface area contributed by atoms with E-state index in [1.807, 2.05) is 24.1 Å². The van der Waals surface area contributed by atoms with Gasteiger partial charge in [-0.2, -0.15) is 0 Å². The number of para-hydroxylation sites is 1. The van der Waals surface area contributed by atoms with E-state index in [0.717, 1.165) is 59.9 Å². The first-order valence-corrected chi connectivity index (χ1v) is 9.44. The Morgan fingerprint density at radius 2 is 2.04 bits per heavy atom. The van der Waals surface area contributed by atoms with E-state index >= 15 is 0 Å². The molecule has 4 rings (SSSR count). The molecule has 0 atom stereocenters. The third kappa shape index (κ3) is 2.83. The smallest absolute Gasteiger partial charge is 0.225 e. The number of nitrogens with zero attached hydrogens (tertiary/aromatic N) is 3. The summed E-state index contributed by atoms with van der Waals surface area (Å²) in [6.07, 6.45) is 4.19. The number of carbonyl (C=O) groups excluding carboxylic acids is 1. The van der Waals surface area contributed by atoms with Crippen LogP contribution in [0.2, 0.25) is 0 Å². The van der Waals surface area contributed by atoms with Gasteiger partial charge in [0.25, 0.3) is 0 Å². The molecule has 1 aromatic heterocycles. The predicted molar refractivity (Wildman–Crippen MR) is 96.9 cm³/mol. The lowest BCUT2D eigenvalue weighted by molar-refractivity contribution is -0.133. The summed E-state index contributed by atoms with van der Waals surface area (Å²) >= 11 is 1.72. The zero-order valence-corrected chi connectivity index (χ0v) is 15.0. The highest BCUT2D eigenvalue weighted by molar-refractivity contribution is 7.22. The summed E-state index contributed by atoms with van der Waals surface area (Å²) in [5.41, 5.74) is 0.947. The number of rotatable bonds is 4. The molecule has 0 unspecified atom stereocenters. The molecule has 2 heterocycles. The van der Waals surface area contributed by atoms with Crippen LogP contribution in [0.3, 0.4) is 0 Å². The van der Waals surface area contributed by atoms with Gasteiger partial charge >= 0.3 is 0 Å². The maximum Gasteiger partial charge on any atom is 0.225 e. The van der Waals surface area contributed by atoms with Gasteiger partial charge in [0.05, 0.1) is 11.8 Å². The molecule has 6 heteroatoms. The lowest BCUT2D eigenvalue weighted by Gasteiger charge is -2.36. The van der Waals surface area contributed by atoms with Gasteiger partial charge in [-0.15, -0.1) is 0 Å². The molecule has 1 saturated heterocycles. The van der Waals surface area contributed by atoms with Crippen LogP contribution in [0.25, 0.3) is 10.2 Å². The third-order valence-electron chi connectivity index (χ3n) is 5.15. The van der Waals surface area contributed by atoms with Crippen LogP contribution in [0, 0.1) is 5.92 Å². The fraction of sp³-hybridized carbons (Fsp3) is 0.556. The Bertz CT molecular complexity index is 748. The highest BCUT2D eigenvalue weighted by Gasteiger charge is 2.35. The van der Waals surface area contributed by atoms with Crippen molar-refractivity contribution in [1.82, 2.24) is 9.88 Å². The van der Waals surface area contributed by atoms with Gasteiger partial charge in [0.2, 0.25) is 5.91 Å². The van der Waals surface area contributed by atoms with Crippen LogP contribution in [0.1, 0.15) is 25.7 Å². The Balaban J connectivity index is 1.45. The molecule has 1 amide bonds. The highest BCUT2D eigenvalue weighted by Crippen LogP contribution is 2.36. The summed E-state index contributed by atoms with van der Waals surface area (Å²) in [6.45, 7) is 1.91. The van der Waals surface area contributed by atoms with E-state index in [1.54, 1.807) is 18.4 Å². The topological polar surface area (TPSA) is 45.7 Å². The third-order valence-corrected chi connectivity index (χ3v) is 6.23. The van der Waals surface area contributed by atoms with Gasteiger partial charge in [0.1, 0.15) is 11.3 Å². The maximum atomic E-state index is 12.2. The van der Waals surface area contributed by atoms with Crippen molar-refractivity contribution in [3.8, 4) is 5.75 Å². The Morgan fingerprint density at radius 3 is 2.71 bits per heavy atom. The maximum absolute atomic E-state index is 12.2. The molecule has 1 aromatic carbocycles. The second kappa shape index (κ2) is 6.24. The minimum Gasteiger partial charge on any atom is -0.494 e. The summed E-state index contributed by atoms with van der Waals surface area (Å²) in [4.78, 5) is 21.4. The molecule has 128 valence electrons. The molecule has 2 aliphatic rings. The van der Waals surface area contributed by atoms with Gasteiger partial charge in [0, 0.05) is 32.1 Å². The van der Waals surface area contributed by atoms with E-state index in [-0.39, 0.29) is 0 Å². The van der Waals surface area contributed by atoms with E-state index in [0.29, 0.717) is 17.9 Å². The molecule has 1 saturated carbocycles. The number of benzene rings is 1. The zero-order valence-electron chi connectivity index (χ0n) is 14.2. The molecule has 0 N–H and O–H groups in total. The van der Waals surface area contributed by atoms with Gasteiger partial charge in [-0.25, -0.2) is 4.98 Å². The van der Waals surface area contributed by atoms with Gasteiger partial charge in [-0.05, 0) is 37.8 Å². The van der Waals surface area contributed by atoms with Crippen molar-refractivity contribution in [2.24, 2.45) is 5.92 Å². The molecule has 1 aliphatic carbocycles. The van der Waals surface area contributed by atoms with Crippen LogP contribution in [-0.2, 0) is 4.79 Å². The second-order valence-electron chi connectivity index (χ2n) is 6.75. The van der Waals surface area contributed by atoms with Crippen molar-refractivity contribution in [3.05, 3.63) is 18.2 Å². The molecule has 1 aliphatic heterocycles. The van der Waals surface area contributed by atoms with Crippen LogP contribution in [0.15, 0.2) is 18.2 Å². The fourth-order valence-electron chi connectivity index (χ4n) is 3.45. The van der Waals surface area contributed by atoms with E-state index in [1.165, 1.54) is 0 Å². The van der Waals surface area contributed by atoms with Gasteiger partial charge in [-0.1, -0.05) is 17.4 Å². The summed E-state index contributed by atoms with van der Waals surface area (Å²) in [6, 6.07) is 6.43. The number of amides is 1. The van der Waals surface area contributed by atoms with Gasteiger partial charge in [-0.3, -0.25) is 4.79 Å². The van der Waals surface area contributed by atoms with Gasteiger partial charge < -0.3 is 14.5 Å². The first-order chi connectivity index (χ1) is 11.7. The molecular weight excluding hydrogens is 322 g/mol. The second-order valence-corrected chi connectivity index (χ2v) is 7.75. The molecule has 2 fully saturated rings. The molecule has 0 spiro atoms. The first kappa shape index (κ1) is 15.7. The van der Waals surface area contributed by atoms with Crippen LogP contribution in [0.4, 0.5) is 5.13 Å². The number of piperidine rings is 1. The van der Waals surface area contributed by atoms with Crippen molar-refractivity contribution >= 4 is 32.6 Å². The standard InChI is InChI=1S/C18H23N3O2S/c1-20(17(22)12-6-7-12)13-8-10-21(11-9-13)18-19-16-14(23-2)4-3-5-15(16)24-18/h3-5,12-13H,6-11H2,1-2H3. The average molecular weight is 345 g/mol. The fourth-order valence-corrected chi connectivity index (χ4v) is 4.49. The Hall–Kier alpha value is -1.82. The zero-order chi connectivity index (χ0) is 16.7. The lowest BCUT2D eigenvalue weighted by atomic mass is 10.0. The van der Waals surface area contributed by atoms with Crippen molar-refractivity contribution in [1.29, 1.82) is 0 Å². The summed E-state index contributed by atoms with van der Waals surface area (Å²) in [5, 5.41) is 1.06. The van der Waals surface area contributed by atoms with E-state index in [9.17, 15) is 4.79 Å². The van der Waals surface area contributed by atoms with Crippen LogP contribution < -0.4 is 9.64 Å². The number of ether oxygens (including phenoxy) is 1. The number of hydrogen-bond donors (Lipinski definition) is 0. The SMILES string of the molecule is COc1cccc2sc(N3CCC(N(C)C(=O)C4CC4)CC3)nc12. The summed E-state index contributed by atoms with van der Waals surface area (Å²) in [5.74, 6) is 1.49. The number of hydrogen-bond acceptors (Lipinski definition) is 5. The Kier molecular flexibility index (Phi) is 4.08. The van der Waals surface area contributed by atoms with Crippen molar-refractivity contribution in [2.45, 2.75) is 31.7 Å². The largest absolute Gasteiger partial charge is 0.494 e. The van der Waals surface area contributed by atoms with E-state index in [2.05, 4.69) is 11.0 Å². The Labute approximate surface area is 146 Å². The van der Waals surface area contributed by atoms with E-state index < -0.39 is 0 Å². The monoisotopic (exact) mass is 345 g/mol. The molecule has 24 heavy (non-hydrogen) atoms. The summed E-state index contributed by atoms with van der Waals surface area (Å²) in [7, 11) is 3.66. The highest BCUT2D eigenvalue weighted by atomic mass is 32.1. The van der Waals surface area contributed by atoms with Crippen LogP contribution in [-0.4, -0.2) is 49.1 Å². The number of anilines is 1. The number of aromatic nitrogens is 1. The number of methoxy groups -OCH3 is 1. The number of carbonyl (C=O) groups is 1. The molecule has 2 aromatic rings. The van der Waals surface area contributed by atoms with Crippen molar-refractivity contribution < 1.29 is 9.53 Å². The summed E-state index contributed by atoms with van der Waals surface area (Å²) < 4.78 is 6.57. The average Bonchev–Trinajstić information content (AvgIpc) is 3.38.